The van der Waals surface area contributed by atoms with Gasteiger partial charge in [-0.1, -0.05) is 6.92 Å². The molecule has 0 spiro atoms. The van der Waals surface area contributed by atoms with Crippen LogP contribution < -0.4 is 15.0 Å². The number of hydrogen-bond donors (Lipinski definition) is 1. The third kappa shape index (κ3) is 4.14. The molecule has 5 heteroatoms. The molecule has 0 aliphatic carbocycles. The summed E-state index contributed by atoms with van der Waals surface area (Å²) in [7, 11) is 1.71. The molecule has 0 aromatic heterocycles. The Kier molecular flexibility index (Phi) is 6.38. The predicted octanol–water partition coefficient (Wildman–Crippen LogP) is 4.58. The lowest BCUT2D eigenvalue weighted by molar-refractivity contribution is 0.367. The number of nitrogens with zero attached hydrogens (tertiary/aromatic N) is 1. The summed E-state index contributed by atoms with van der Waals surface area (Å²) in [4.78, 5) is 2.48. The van der Waals surface area contributed by atoms with Crippen LogP contribution in [0.4, 0.5) is 5.69 Å². The Balaban J connectivity index is 2.12. The first-order chi connectivity index (χ1) is 10.1. The molecule has 1 aliphatic rings. The van der Waals surface area contributed by atoms with Gasteiger partial charge < -0.3 is 15.0 Å². The fraction of sp³-hybridized carbons (Fsp3) is 0.625. The molecule has 0 saturated carbocycles. The van der Waals surface area contributed by atoms with E-state index in [1.807, 2.05) is 0 Å². The van der Waals surface area contributed by atoms with Crippen LogP contribution in [0.2, 0.25) is 0 Å². The minimum atomic E-state index is 0.523. The summed E-state index contributed by atoms with van der Waals surface area (Å²) in [6.07, 6.45) is 3.57. The maximum absolute atomic E-state index is 5.43. The Morgan fingerprint density at radius 3 is 2.71 bits per heavy atom. The summed E-state index contributed by atoms with van der Waals surface area (Å²) < 4.78 is 7.53. The Morgan fingerprint density at radius 2 is 2.10 bits per heavy atom. The van der Waals surface area contributed by atoms with Gasteiger partial charge >= 0.3 is 0 Å². The summed E-state index contributed by atoms with van der Waals surface area (Å²) in [6.45, 7) is 6.72. The molecule has 0 radical (unpaired) electrons. The highest BCUT2D eigenvalue weighted by Crippen LogP contribution is 2.38. The van der Waals surface area contributed by atoms with Gasteiger partial charge in [-0.3, -0.25) is 0 Å². The largest absolute Gasteiger partial charge is 0.495 e. The maximum Gasteiger partial charge on any atom is 0.135 e. The smallest absolute Gasteiger partial charge is 0.135 e. The van der Waals surface area contributed by atoms with Crippen molar-refractivity contribution in [1.29, 1.82) is 0 Å². The molecule has 118 valence electrons. The molecule has 1 heterocycles. The van der Waals surface area contributed by atoms with E-state index in [1.165, 1.54) is 24.9 Å². The number of nitrogens with one attached hydrogen (secondary N) is 1. The minimum Gasteiger partial charge on any atom is -0.495 e. The normalized spacial score (nSPS) is 22.4. The molecule has 1 aliphatic heterocycles. The molecule has 1 N–H and O–H groups in total. The summed E-state index contributed by atoms with van der Waals surface area (Å²) >= 11 is 7.22. The molecule has 0 amide bonds. The van der Waals surface area contributed by atoms with Crippen molar-refractivity contribution >= 4 is 37.5 Å². The highest BCUT2D eigenvalue weighted by Gasteiger charge is 2.27. The summed E-state index contributed by atoms with van der Waals surface area (Å²) in [5.41, 5.74) is 1.22. The van der Waals surface area contributed by atoms with E-state index in [0.29, 0.717) is 12.1 Å². The second kappa shape index (κ2) is 7.84. The van der Waals surface area contributed by atoms with E-state index in [1.54, 1.807) is 7.11 Å². The molecule has 21 heavy (non-hydrogen) atoms. The molecule has 1 fully saturated rings. The van der Waals surface area contributed by atoms with E-state index >= 15 is 0 Å². The number of piperidine rings is 1. The van der Waals surface area contributed by atoms with Crippen molar-refractivity contribution in [3.63, 3.8) is 0 Å². The first-order valence-corrected chi connectivity index (χ1v) is 9.18. The van der Waals surface area contributed by atoms with Crippen molar-refractivity contribution in [1.82, 2.24) is 5.32 Å². The third-order valence-corrected chi connectivity index (χ3v) is 5.34. The van der Waals surface area contributed by atoms with Gasteiger partial charge in [0.1, 0.15) is 5.75 Å². The average Bonchev–Trinajstić information content (AvgIpc) is 2.46. The Morgan fingerprint density at radius 1 is 1.33 bits per heavy atom. The van der Waals surface area contributed by atoms with Crippen molar-refractivity contribution in [2.75, 3.05) is 25.1 Å². The lowest BCUT2D eigenvalue weighted by atomic mass is 9.97. The first kappa shape index (κ1) is 17.1. The highest BCUT2D eigenvalue weighted by atomic mass is 79.9. The Hall–Kier alpha value is -0.260. The van der Waals surface area contributed by atoms with E-state index < -0.39 is 0 Å². The highest BCUT2D eigenvalue weighted by molar-refractivity contribution is 9.11. The lowest BCUT2D eigenvalue weighted by Crippen LogP contribution is -2.47. The van der Waals surface area contributed by atoms with Crippen LogP contribution in [0.25, 0.3) is 0 Å². The van der Waals surface area contributed by atoms with Crippen LogP contribution in [0.3, 0.4) is 0 Å². The molecule has 2 rings (SSSR count). The first-order valence-electron chi connectivity index (χ1n) is 7.59. The fourth-order valence-electron chi connectivity index (χ4n) is 2.96. The average molecular weight is 420 g/mol. The van der Waals surface area contributed by atoms with E-state index in [-0.39, 0.29) is 0 Å². The summed E-state index contributed by atoms with van der Waals surface area (Å²) in [5, 5.41) is 3.65. The predicted molar refractivity (Wildman–Crippen MR) is 96.5 cm³/mol. The van der Waals surface area contributed by atoms with Gasteiger partial charge in [0.2, 0.25) is 0 Å². The maximum atomic E-state index is 5.43. The second-order valence-corrected chi connectivity index (χ2v) is 7.36. The number of benzene rings is 1. The van der Waals surface area contributed by atoms with Crippen LogP contribution in [0.15, 0.2) is 21.1 Å². The van der Waals surface area contributed by atoms with E-state index in [4.69, 9.17) is 4.74 Å². The number of methoxy groups -OCH3 is 1. The van der Waals surface area contributed by atoms with Crippen LogP contribution in [-0.2, 0) is 0 Å². The molecule has 2 atom stereocenters. The van der Waals surface area contributed by atoms with Crippen molar-refractivity contribution in [3.05, 3.63) is 21.1 Å². The SMILES string of the molecule is CCCNC1CCN(c2cc(OC)c(Br)cc2Br)C(C)C1. The zero-order valence-electron chi connectivity index (χ0n) is 13.0. The van der Waals surface area contributed by atoms with E-state index in [9.17, 15) is 0 Å². The van der Waals surface area contributed by atoms with Gasteiger partial charge in [-0.2, -0.15) is 0 Å². The van der Waals surface area contributed by atoms with E-state index in [2.05, 4.69) is 68.1 Å². The van der Waals surface area contributed by atoms with Gasteiger partial charge in [0.25, 0.3) is 0 Å². The zero-order chi connectivity index (χ0) is 15.4. The zero-order valence-corrected chi connectivity index (χ0v) is 16.1. The van der Waals surface area contributed by atoms with Gasteiger partial charge in [-0.15, -0.1) is 0 Å². The molecular weight excluding hydrogens is 396 g/mol. The molecule has 1 saturated heterocycles. The van der Waals surface area contributed by atoms with Crippen molar-refractivity contribution in [2.45, 2.75) is 45.2 Å². The monoisotopic (exact) mass is 418 g/mol. The van der Waals surface area contributed by atoms with Gasteiger partial charge in [0.05, 0.1) is 17.3 Å². The Bertz CT molecular complexity index is 482. The number of hydrogen-bond acceptors (Lipinski definition) is 3. The third-order valence-electron chi connectivity index (χ3n) is 4.09. The fourth-order valence-corrected chi connectivity index (χ4v) is 4.34. The van der Waals surface area contributed by atoms with E-state index in [0.717, 1.165) is 27.8 Å². The Labute approximate surface area is 144 Å². The van der Waals surface area contributed by atoms with Crippen LogP contribution in [0.5, 0.6) is 5.75 Å². The van der Waals surface area contributed by atoms with Crippen LogP contribution in [0.1, 0.15) is 33.1 Å². The van der Waals surface area contributed by atoms with Gasteiger partial charge in [-0.25, -0.2) is 0 Å². The second-order valence-electron chi connectivity index (χ2n) is 5.66. The number of ether oxygens (including phenoxy) is 1. The van der Waals surface area contributed by atoms with Crippen LogP contribution in [-0.4, -0.2) is 32.3 Å². The van der Waals surface area contributed by atoms with Crippen LogP contribution >= 0.6 is 31.9 Å². The molecule has 1 aromatic carbocycles. The number of halogens is 2. The van der Waals surface area contributed by atoms with Gasteiger partial charge in [0.15, 0.2) is 0 Å². The van der Waals surface area contributed by atoms with Gasteiger partial charge in [-0.05, 0) is 70.7 Å². The quantitative estimate of drug-likeness (QED) is 0.755. The lowest BCUT2D eigenvalue weighted by Gasteiger charge is -2.40. The molecule has 1 aromatic rings. The number of anilines is 1. The van der Waals surface area contributed by atoms with Crippen molar-refractivity contribution in [3.8, 4) is 5.75 Å². The summed E-state index contributed by atoms with van der Waals surface area (Å²) in [5.74, 6) is 0.881. The standard InChI is InChI=1S/C16H24Br2N2O/c1-4-6-19-12-5-7-20(11(2)8-12)15-10-16(21-3)14(18)9-13(15)17/h9-12,19H,4-8H2,1-3H3. The molecule has 0 bridgehead atoms. The van der Waals surface area contributed by atoms with Crippen molar-refractivity contribution < 1.29 is 4.74 Å². The van der Waals surface area contributed by atoms with Gasteiger partial charge in [0, 0.05) is 29.2 Å². The number of rotatable bonds is 5. The topological polar surface area (TPSA) is 24.5 Å². The minimum absolute atomic E-state index is 0.523. The van der Waals surface area contributed by atoms with Crippen molar-refractivity contribution in [2.24, 2.45) is 0 Å². The molecular formula is C16H24Br2N2O. The summed E-state index contributed by atoms with van der Waals surface area (Å²) in [6, 6.07) is 5.36. The van der Waals surface area contributed by atoms with Crippen LogP contribution in [0, 0.1) is 0 Å². The molecule has 3 nitrogen and oxygen atoms in total. The molecule has 2 unspecified atom stereocenters.